The van der Waals surface area contributed by atoms with E-state index in [0.717, 1.165) is 0 Å². The zero-order valence-electron chi connectivity index (χ0n) is 11.7. The molecule has 1 aliphatic heterocycles. The van der Waals surface area contributed by atoms with E-state index in [1.807, 2.05) is 0 Å². The summed E-state index contributed by atoms with van der Waals surface area (Å²) < 4.78 is 5.74. The summed E-state index contributed by atoms with van der Waals surface area (Å²) in [6.45, 7) is 0.366. The first-order valence-electron chi connectivity index (χ1n) is 6.70. The highest BCUT2D eigenvalue weighted by molar-refractivity contribution is 8.01. The number of halogens is 1. The van der Waals surface area contributed by atoms with Crippen molar-refractivity contribution in [3.8, 4) is 11.3 Å². The summed E-state index contributed by atoms with van der Waals surface area (Å²) in [5.41, 5.74) is 0.595. The molecular weight excluding hydrogens is 342 g/mol. The minimum atomic E-state index is -1.11. The SMILES string of the molecule is O=C(O)c1cc(-c2ccc([C@@H]3NC[C@H](C(=O)O)S3)o2)ccc1Cl. The van der Waals surface area contributed by atoms with E-state index in [0.29, 0.717) is 23.6 Å². The number of rotatable bonds is 4. The highest BCUT2D eigenvalue weighted by Crippen LogP contribution is 2.37. The third-order valence-corrected chi connectivity index (χ3v) is 5.13. The molecule has 0 aliphatic carbocycles. The number of carbonyl (C=O) groups is 2. The van der Waals surface area contributed by atoms with E-state index in [2.05, 4.69) is 5.32 Å². The zero-order chi connectivity index (χ0) is 16.6. The van der Waals surface area contributed by atoms with Crippen molar-refractivity contribution in [3.63, 3.8) is 0 Å². The summed E-state index contributed by atoms with van der Waals surface area (Å²) in [6, 6.07) is 8.10. The van der Waals surface area contributed by atoms with Crippen LogP contribution in [0.1, 0.15) is 21.5 Å². The molecule has 2 aromatic rings. The smallest absolute Gasteiger partial charge is 0.337 e. The van der Waals surface area contributed by atoms with Crippen molar-refractivity contribution < 1.29 is 24.2 Å². The van der Waals surface area contributed by atoms with Crippen molar-refractivity contribution in [2.45, 2.75) is 10.6 Å². The standard InChI is InChI=1S/C15H12ClNO5S/c16-9-2-1-7(5-8(9)14(18)19)10-3-4-11(22-10)13-17-6-12(23-13)15(20)21/h1-5,12-13,17H,6H2,(H,18,19)(H,20,21)/t12-,13-/m1/s1. The number of aromatic carboxylic acids is 1. The van der Waals surface area contributed by atoms with Gasteiger partial charge in [0.15, 0.2) is 0 Å². The Balaban J connectivity index is 1.84. The molecule has 1 fully saturated rings. The van der Waals surface area contributed by atoms with Crippen LogP contribution in [0.4, 0.5) is 0 Å². The molecule has 2 heterocycles. The van der Waals surface area contributed by atoms with Crippen LogP contribution in [-0.2, 0) is 4.79 Å². The minimum absolute atomic E-state index is 0.00132. The number of hydrogen-bond donors (Lipinski definition) is 3. The summed E-state index contributed by atoms with van der Waals surface area (Å²) in [4.78, 5) is 22.1. The van der Waals surface area contributed by atoms with E-state index in [1.165, 1.54) is 23.9 Å². The average molecular weight is 354 g/mol. The monoisotopic (exact) mass is 353 g/mol. The van der Waals surface area contributed by atoms with Gasteiger partial charge in [0.2, 0.25) is 0 Å². The first-order valence-corrected chi connectivity index (χ1v) is 8.02. The van der Waals surface area contributed by atoms with Crippen molar-refractivity contribution in [1.29, 1.82) is 0 Å². The van der Waals surface area contributed by atoms with E-state index < -0.39 is 17.2 Å². The lowest BCUT2D eigenvalue weighted by Gasteiger charge is -2.06. The number of thioether (sulfide) groups is 1. The maximum atomic E-state index is 11.1. The lowest BCUT2D eigenvalue weighted by Crippen LogP contribution is -2.21. The van der Waals surface area contributed by atoms with Crippen LogP contribution in [0.25, 0.3) is 11.3 Å². The van der Waals surface area contributed by atoms with Gasteiger partial charge in [-0.15, -0.1) is 11.8 Å². The second-order valence-corrected chi connectivity index (χ2v) is 6.67. The van der Waals surface area contributed by atoms with E-state index in [4.69, 9.17) is 26.2 Å². The van der Waals surface area contributed by atoms with Crippen molar-refractivity contribution in [2.24, 2.45) is 0 Å². The van der Waals surface area contributed by atoms with Crippen LogP contribution < -0.4 is 5.32 Å². The van der Waals surface area contributed by atoms with Gasteiger partial charge in [0, 0.05) is 12.1 Å². The van der Waals surface area contributed by atoms with Gasteiger partial charge in [0.05, 0.1) is 10.6 Å². The van der Waals surface area contributed by atoms with Crippen LogP contribution in [0.15, 0.2) is 34.7 Å². The number of aliphatic carboxylic acids is 1. The van der Waals surface area contributed by atoms with Crippen molar-refractivity contribution in [1.82, 2.24) is 5.32 Å². The largest absolute Gasteiger partial charge is 0.480 e. The second-order valence-electron chi connectivity index (χ2n) is 4.95. The van der Waals surface area contributed by atoms with Crippen LogP contribution in [0, 0.1) is 0 Å². The fourth-order valence-electron chi connectivity index (χ4n) is 2.28. The molecule has 6 nitrogen and oxygen atoms in total. The molecule has 3 N–H and O–H groups in total. The Hall–Kier alpha value is -1.96. The first kappa shape index (κ1) is 15.9. The van der Waals surface area contributed by atoms with Gasteiger partial charge in [-0.05, 0) is 30.3 Å². The summed E-state index contributed by atoms with van der Waals surface area (Å²) >= 11 is 7.12. The quantitative estimate of drug-likeness (QED) is 0.776. The van der Waals surface area contributed by atoms with Gasteiger partial charge < -0.3 is 14.6 Å². The first-order chi connectivity index (χ1) is 11.0. The van der Waals surface area contributed by atoms with Crippen molar-refractivity contribution >= 4 is 35.3 Å². The van der Waals surface area contributed by atoms with Crippen molar-refractivity contribution in [2.75, 3.05) is 6.54 Å². The summed E-state index contributed by atoms with van der Waals surface area (Å²) in [6.07, 6.45) is 0. The van der Waals surface area contributed by atoms with Gasteiger partial charge in [-0.1, -0.05) is 11.6 Å². The number of carboxylic acids is 2. The molecule has 0 bridgehead atoms. The molecule has 1 aromatic heterocycles. The average Bonchev–Trinajstić information content (AvgIpc) is 3.16. The van der Waals surface area contributed by atoms with Gasteiger partial charge in [0.25, 0.3) is 0 Å². The molecule has 2 atom stereocenters. The molecule has 0 spiro atoms. The fraction of sp³-hybridized carbons (Fsp3) is 0.200. The molecule has 120 valence electrons. The molecule has 1 aliphatic rings. The summed E-state index contributed by atoms with van der Waals surface area (Å²) in [7, 11) is 0. The van der Waals surface area contributed by atoms with Crippen LogP contribution in [0.2, 0.25) is 5.02 Å². The van der Waals surface area contributed by atoms with Gasteiger partial charge in [0.1, 0.15) is 22.1 Å². The maximum Gasteiger partial charge on any atom is 0.337 e. The van der Waals surface area contributed by atoms with Crippen LogP contribution in [0.3, 0.4) is 0 Å². The number of carboxylic acid groups (broad SMARTS) is 2. The Bertz CT molecular complexity index is 775. The molecule has 1 aromatic carbocycles. The number of furan rings is 1. The normalized spacial score (nSPS) is 20.6. The van der Waals surface area contributed by atoms with Crippen LogP contribution in [0.5, 0.6) is 0 Å². The Morgan fingerprint density at radius 1 is 1.26 bits per heavy atom. The molecule has 0 amide bonds. The lowest BCUT2D eigenvalue weighted by molar-refractivity contribution is -0.136. The number of benzene rings is 1. The second kappa shape index (κ2) is 6.27. The third-order valence-electron chi connectivity index (χ3n) is 3.43. The summed E-state index contributed by atoms with van der Waals surface area (Å²) in [5.74, 6) is -0.873. The lowest BCUT2D eigenvalue weighted by atomic mass is 10.1. The Morgan fingerprint density at radius 3 is 2.70 bits per heavy atom. The van der Waals surface area contributed by atoms with Crippen LogP contribution in [-0.4, -0.2) is 33.9 Å². The molecule has 0 saturated carbocycles. The maximum absolute atomic E-state index is 11.1. The minimum Gasteiger partial charge on any atom is -0.480 e. The Morgan fingerprint density at radius 2 is 2.04 bits per heavy atom. The highest BCUT2D eigenvalue weighted by atomic mass is 35.5. The van der Waals surface area contributed by atoms with Gasteiger partial charge in [-0.25, -0.2) is 4.79 Å². The van der Waals surface area contributed by atoms with E-state index in [9.17, 15) is 9.59 Å². The zero-order valence-corrected chi connectivity index (χ0v) is 13.2. The van der Waals surface area contributed by atoms with Gasteiger partial charge >= 0.3 is 11.9 Å². The van der Waals surface area contributed by atoms with Crippen molar-refractivity contribution in [3.05, 3.63) is 46.7 Å². The van der Waals surface area contributed by atoms with Gasteiger partial charge in [-0.2, -0.15) is 0 Å². The third kappa shape index (κ3) is 3.21. The van der Waals surface area contributed by atoms with E-state index in [-0.39, 0.29) is 16.0 Å². The predicted octanol–water partition coefficient (Wildman–Crippen LogP) is 3.09. The highest BCUT2D eigenvalue weighted by Gasteiger charge is 2.32. The number of nitrogens with one attached hydrogen (secondary N) is 1. The molecular formula is C15H12ClNO5S. The number of hydrogen-bond acceptors (Lipinski definition) is 5. The Labute approximate surface area is 140 Å². The summed E-state index contributed by atoms with van der Waals surface area (Å²) in [5, 5.41) is 20.6. The predicted molar refractivity (Wildman–Crippen MR) is 85.9 cm³/mol. The Kier molecular flexibility index (Phi) is 4.34. The molecule has 1 saturated heterocycles. The van der Waals surface area contributed by atoms with E-state index >= 15 is 0 Å². The molecule has 3 rings (SSSR count). The van der Waals surface area contributed by atoms with Gasteiger partial charge in [-0.3, -0.25) is 10.1 Å². The molecule has 8 heteroatoms. The fourth-order valence-corrected chi connectivity index (χ4v) is 3.57. The van der Waals surface area contributed by atoms with Crippen LogP contribution >= 0.6 is 23.4 Å². The molecule has 0 unspecified atom stereocenters. The topological polar surface area (TPSA) is 99.8 Å². The molecule has 0 radical (unpaired) electrons. The molecule has 23 heavy (non-hydrogen) atoms. The van der Waals surface area contributed by atoms with E-state index in [1.54, 1.807) is 18.2 Å².